The van der Waals surface area contributed by atoms with E-state index in [1.165, 1.54) is 35.5 Å². The lowest BCUT2D eigenvalue weighted by Gasteiger charge is -2.14. The first kappa shape index (κ1) is 34.8. The van der Waals surface area contributed by atoms with Crippen LogP contribution in [0.4, 0.5) is 4.39 Å². The molecule has 0 unspecified atom stereocenters. The third kappa shape index (κ3) is 9.46. The number of carbonyl (C=O) groups excluding carboxylic acids is 3. The topological polar surface area (TPSA) is 115 Å². The number of halogens is 3. The highest BCUT2D eigenvalue weighted by atomic mass is 35.5. The number of hydrogen-bond acceptors (Lipinski definition) is 9. The van der Waals surface area contributed by atoms with Crippen molar-refractivity contribution in [2.24, 2.45) is 0 Å². The number of likely N-dealkylation sites (tertiary alicyclic amines) is 1. The minimum absolute atomic E-state index is 0.0385. The molecule has 1 aliphatic heterocycles. The maximum Gasteiger partial charge on any atom is 0.264 e. The molecule has 1 fully saturated rings. The number of thiophene rings is 3. The Balaban J connectivity index is 1.13. The number of nitrogens with zero attached hydrogens (tertiary/aromatic N) is 1. The van der Waals surface area contributed by atoms with Gasteiger partial charge in [-0.05, 0) is 56.8 Å². The summed E-state index contributed by atoms with van der Waals surface area (Å²) in [5.74, 6) is -1.41. The first-order chi connectivity index (χ1) is 21.2. The van der Waals surface area contributed by atoms with Crippen LogP contribution in [-0.2, 0) is 13.1 Å². The van der Waals surface area contributed by atoms with Crippen molar-refractivity contribution in [2.75, 3.05) is 52.4 Å². The van der Waals surface area contributed by atoms with Gasteiger partial charge in [-0.25, -0.2) is 4.39 Å². The zero-order valence-corrected chi connectivity index (χ0v) is 28.6. The molecule has 3 aromatic heterocycles. The summed E-state index contributed by atoms with van der Waals surface area (Å²) in [6, 6.07) is 1.75. The van der Waals surface area contributed by atoms with E-state index in [2.05, 4.69) is 31.5 Å². The molecule has 3 amide bonds. The summed E-state index contributed by atoms with van der Waals surface area (Å²) in [7, 11) is 0. The molecular formula is C29H37Cl2FN6O3S3. The summed E-state index contributed by atoms with van der Waals surface area (Å²) in [5.41, 5.74) is 1.25. The molecule has 4 rings (SSSR count). The van der Waals surface area contributed by atoms with Crippen molar-refractivity contribution < 1.29 is 18.8 Å². The Hall–Kier alpha value is -2.10. The van der Waals surface area contributed by atoms with E-state index < -0.39 is 11.7 Å². The lowest BCUT2D eigenvalue weighted by Crippen LogP contribution is -2.33. The molecule has 5 N–H and O–H groups in total. The van der Waals surface area contributed by atoms with Crippen molar-refractivity contribution >= 4 is 74.9 Å². The van der Waals surface area contributed by atoms with Crippen molar-refractivity contribution in [2.45, 2.75) is 39.8 Å². The Morgan fingerprint density at radius 2 is 1.45 bits per heavy atom. The summed E-state index contributed by atoms with van der Waals surface area (Å²) < 4.78 is 15.1. The van der Waals surface area contributed by atoms with E-state index in [9.17, 15) is 14.4 Å². The molecule has 0 aromatic carbocycles. The minimum atomic E-state index is -0.536. The molecule has 1 aliphatic rings. The quantitative estimate of drug-likeness (QED) is 0.137. The minimum Gasteiger partial charge on any atom is -0.350 e. The fourth-order valence-electron chi connectivity index (χ4n) is 4.73. The van der Waals surface area contributed by atoms with Gasteiger partial charge in [0.2, 0.25) is 0 Å². The fourth-order valence-corrected chi connectivity index (χ4v) is 8.23. The Bertz CT molecular complexity index is 1450. The molecule has 0 saturated carbocycles. The van der Waals surface area contributed by atoms with Gasteiger partial charge in [-0.1, -0.05) is 23.2 Å². The predicted molar refractivity (Wildman–Crippen MR) is 178 cm³/mol. The summed E-state index contributed by atoms with van der Waals surface area (Å²) in [6.07, 6.45) is 2.43. The van der Waals surface area contributed by atoms with Crippen LogP contribution in [0.25, 0.3) is 0 Å². The Kier molecular flexibility index (Phi) is 13.4. The number of rotatable bonds is 16. The van der Waals surface area contributed by atoms with E-state index in [1.54, 1.807) is 13.0 Å². The van der Waals surface area contributed by atoms with E-state index in [0.717, 1.165) is 41.4 Å². The van der Waals surface area contributed by atoms with Gasteiger partial charge in [0.1, 0.15) is 14.6 Å². The second-order valence-electron chi connectivity index (χ2n) is 10.4. The van der Waals surface area contributed by atoms with Crippen LogP contribution >= 0.6 is 57.2 Å². The van der Waals surface area contributed by atoms with Crippen molar-refractivity contribution in [3.8, 4) is 0 Å². The number of nitrogens with one attached hydrogen (secondary N) is 5. The number of amides is 3. The van der Waals surface area contributed by atoms with Crippen LogP contribution < -0.4 is 26.6 Å². The Labute approximate surface area is 278 Å². The van der Waals surface area contributed by atoms with Gasteiger partial charge in [0.25, 0.3) is 17.7 Å². The van der Waals surface area contributed by atoms with Crippen LogP contribution in [0.15, 0.2) is 11.4 Å². The maximum atomic E-state index is 15.1. The van der Waals surface area contributed by atoms with Gasteiger partial charge in [0.05, 0.1) is 10.0 Å². The molecule has 240 valence electrons. The summed E-state index contributed by atoms with van der Waals surface area (Å²) in [4.78, 5) is 42.5. The second-order valence-corrected chi connectivity index (χ2v) is 14.5. The van der Waals surface area contributed by atoms with Crippen LogP contribution in [0.1, 0.15) is 62.7 Å². The zero-order chi connectivity index (χ0) is 31.6. The van der Waals surface area contributed by atoms with Crippen molar-refractivity contribution in [1.82, 2.24) is 31.5 Å². The molecule has 1 saturated heterocycles. The molecule has 0 radical (unpaired) electrons. The van der Waals surface area contributed by atoms with Gasteiger partial charge in [0.15, 0.2) is 5.82 Å². The first-order valence-electron chi connectivity index (χ1n) is 14.4. The highest BCUT2D eigenvalue weighted by Gasteiger charge is 2.21. The smallest absolute Gasteiger partial charge is 0.264 e. The third-order valence-electron chi connectivity index (χ3n) is 7.08. The molecule has 0 bridgehead atoms. The van der Waals surface area contributed by atoms with Gasteiger partial charge in [0, 0.05) is 67.7 Å². The molecular weight excluding hydrogens is 666 g/mol. The fraction of sp³-hybridized carbons (Fsp3) is 0.483. The Morgan fingerprint density at radius 1 is 0.841 bits per heavy atom. The predicted octanol–water partition coefficient (Wildman–Crippen LogP) is 4.80. The van der Waals surface area contributed by atoms with Crippen molar-refractivity contribution in [3.63, 3.8) is 0 Å². The number of carbonyl (C=O) groups is 3. The number of hydrogen-bond donors (Lipinski definition) is 5. The van der Waals surface area contributed by atoms with E-state index in [1.807, 2.05) is 12.3 Å². The SMILES string of the molecule is Cc1cc(Cl)c(C(=O)NCCNCc2c(C)sc(C(=O)NCCNCc3csc(C(=O)NCCN4CCCC4)c3Cl)c2F)s1. The normalized spacial score (nSPS) is 13.4. The third-order valence-corrected chi connectivity index (χ3v) is 11.2. The standard InChI is InChI=1S/C29H37Cl2FN6O3S3/c1-17-13-21(30)24(43-17)27(39)35-8-6-34-15-20-18(2)44-26(23(20)32)29(41)36-7-5-33-14-19-16-42-25(22(19)31)28(40)37-9-12-38-10-3-4-11-38/h13,16,33-34H,3-12,14-15H2,1-2H3,(H,35,39)(H,36,41)(H,37,40). The Morgan fingerprint density at radius 3 is 2.11 bits per heavy atom. The van der Waals surface area contributed by atoms with Gasteiger partial charge in [-0.15, -0.1) is 34.0 Å². The van der Waals surface area contributed by atoms with Gasteiger partial charge in [-0.2, -0.15) is 0 Å². The second kappa shape index (κ2) is 17.0. The molecule has 0 atom stereocenters. The van der Waals surface area contributed by atoms with Crippen LogP contribution in [0.3, 0.4) is 0 Å². The van der Waals surface area contributed by atoms with E-state index in [0.29, 0.717) is 69.5 Å². The van der Waals surface area contributed by atoms with Gasteiger partial charge < -0.3 is 31.5 Å². The lowest BCUT2D eigenvalue weighted by atomic mass is 10.2. The van der Waals surface area contributed by atoms with Gasteiger partial charge >= 0.3 is 0 Å². The molecule has 4 heterocycles. The van der Waals surface area contributed by atoms with Crippen LogP contribution in [0, 0.1) is 19.7 Å². The van der Waals surface area contributed by atoms with E-state index in [4.69, 9.17) is 23.2 Å². The maximum absolute atomic E-state index is 15.1. The molecule has 15 heteroatoms. The summed E-state index contributed by atoms with van der Waals surface area (Å²) in [6.45, 7) is 9.45. The van der Waals surface area contributed by atoms with Gasteiger partial charge in [-0.3, -0.25) is 14.4 Å². The average molecular weight is 704 g/mol. The van der Waals surface area contributed by atoms with E-state index >= 15 is 4.39 Å². The lowest BCUT2D eigenvalue weighted by molar-refractivity contribution is 0.0945. The highest BCUT2D eigenvalue weighted by molar-refractivity contribution is 7.15. The van der Waals surface area contributed by atoms with Crippen molar-refractivity contribution in [3.05, 3.63) is 62.8 Å². The van der Waals surface area contributed by atoms with Crippen LogP contribution in [-0.4, -0.2) is 75.0 Å². The summed E-state index contributed by atoms with van der Waals surface area (Å²) >= 11 is 16.3. The highest BCUT2D eigenvalue weighted by Crippen LogP contribution is 2.29. The zero-order valence-electron chi connectivity index (χ0n) is 24.7. The molecule has 9 nitrogen and oxygen atoms in total. The average Bonchev–Trinajstić information content (AvgIpc) is 3.77. The largest absolute Gasteiger partial charge is 0.350 e. The monoisotopic (exact) mass is 702 g/mol. The summed E-state index contributed by atoms with van der Waals surface area (Å²) in [5, 5.41) is 17.6. The van der Waals surface area contributed by atoms with Crippen molar-refractivity contribution in [1.29, 1.82) is 0 Å². The molecule has 0 aliphatic carbocycles. The van der Waals surface area contributed by atoms with Crippen LogP contribution in [0.2, 0.25) is 10.0 Å². The number of aryl methyl sites for hydroxylation is 2. The first-order valence-corrected chi connectivity index (χ1v) is 17.7. The van der Waals surface area contributed by atoms with E-state index in [-0.39, 0.29) is 23.2 Å². The molecule has 44 heavy (non-hydrogen) atoms. The molecule has 0 spiro atoms. The molecule has 3 aromatic rings. The van der Waals surface area contributed by atoms with Crippen LogP contribution in [0.5, 0.6) is 0 Å².